The number of aryl methyl sites for hydroxylation is 1. The number of anilines is 6. The lowest BCUT2D eigenvalue weighted by Crippen LogP contribution is -2.44. The number of halogens is 1. The number of benzene rings is 2. The van der Waals surface area contributed by atoms with Gasteiger partial charge in [-0.25, -0.2) is 4.98 Å². The minimum atomic E-state index is -0.102. The van der Waals surface area contributed by atoms with Crippen molar-refractivity contribution in [2.75, 3.05) is 67.3 Å². The van der Waals surface area contributed by atoms with Crippen molar-refractivity contribution in [3.63, 3.8) is 0 Å². The van der Waals surface area contributed by atoms with Gasteiger partial charge in [0.15, 0.2) is 12.4 Å². The number of hydrogen-bond acceptors (Lipinski definition) is 8. The highest BCUT2D eigenvalue weighted by molar-refractivity contribution is 6.32. The zero-order valence-electron chi connectivity index (χ0n) is 20.0. The van der Waals surface area contributed by atoms with E-state index >= 15 is 0 Å². The molecule has 2 N–H and O–H groups in total. The van der Waals surface area contributed by atoms with E-state index in [9.17, 15) is 4.79 Å². The highest BCUT2D eigenvalue weighted by atomic mass is 35.5. The molecule has 182 valence electrons. The normalized spacial score (nSPS) is 16.1. The minimum absolute atomic E-state index is 0.0405. The Hall–Kier alpha value is -3.56. The monoisotopic (exact) mass is 493 g/mol. The van der Waals surface area contributed by atoms with Crippen molar-refractivity contribution in [1.29, 1.82) is 0 Å². The molecule has 0 unspecified atom stereocenters. The second kappa shape index (κ2) is 9.59. The van der Waals surface area contributed by atoms with Crippen LogP contribution >= 0.6 is 11.6 Å². The number of amides is 1. The average molecular weight is 494 g/mol. The predicted molar refractivity (Wildman–Crippen MR) is 140 cm³/mol. The van der Waals surface area contributed by atoms with Gasteiger partial charge in [0.1, 0.15) is 10.8 Å². The molecule has 9 nitrogen and oxygen atoms in total. The van der Waals surface area contributed by atoms with Crippen molar-refractivity contribution >= 4 is 52.0 Å². The van der Waals surface area contributed by atoms with Gasteiger partial charge in [0, 0.05) is 50.3 Å². The number of piperazine rings is 1. The lowest BCUT2D eigenvalue weighted by atomic mass is 10.1. The van der Waals surface area contributed by atoms with E-state index in [2.05, 4.69) is 56.5 Å². The Balaban J connectivity index is 1.32. The Bertz CT molecular complexity index is 1260. The van der Waals surface area contributed by atoms with Crippen LogP contribution in [-0.4, -0.2) is 67.7 Å². The number of nitrogens with zero attached hydrogens (tertiary/aromatic N) is 5. The minimum Gasteiger partial charge on any atom is -0.482 e. The molecule has 1 saturated heterocycles. The molecule has 1 amide bonds. The Morgan fingerprint density at radius 1 is 0.971 bits per heavy atom. The van der Waals surface area contributed by atoms with E-state index in [-0.39, 0.29) is 12.5 Å². The van der Waals surface area contributed by atoms with Crippen LogP contribution in [0.2, 0.25) is 5.02 Å². The van der Waals surface area contributed by atoms with Crippen molar-refractivity contribution in [2.24, 2.45) is 0 Å². The quantitative estimate of drug-likeness (QED) is 0.551. The van der Waals surface area contributed by atoms with Gasteiger partial charge in [0.25, 0.3) is 5.91 Å². The number of rotatable bonds is 5. The van der Waals surface area contributed by atoms with Crippen LogP contribution in [0.1, 0.15) is 5.56 Å². The van der Waals surface area contributed by atoms with E-state index in [0.717, 1.165) is 37.6 Å². The second-order valence-electron chi connectivity index (χ2n) is 8.86. The number of carbonyl (C=O) groups is 1. The Morgan fingerprint density at radius 3 is 2.49 bits per heavy atom. The van der Waals surface area contributed by atoms with Gasteiger partial charge in [-0.3, -0.25) is 4.79 Å². The number of nitrogens with one attached hydrogen (secondary N) is 2. The van der Waals surface area contributed by atoms with Gasteiger partial charge >= 0.3 is 0 Å². The third kappa shape index (κ3) is 4.96. The third-order valence-corrected chi connectivity index (χ3v) is 6.63. The largest absolute Gasteiger partial charge is 0.482 e. The van der Waals surface area contributed by atoms with Gasteiger partial charge in [-0.2, -0.15) is 4.98 Å². The zero-order chi connectivity index (χ0) is 24.5. The first kappa shape index (κ1) is 23.2. The summed E-state index contributed by atoms with van der Waals surface area (Å²) in [5.41, 5.74) is 4.77. The fourth-order valence-corrected chi connectivity index (χ4v) is 4.40. The van der Waals surface area contributed by atoms with Crippen LogP contribution in [0.4, 0.5) is 34.5 Å². The van der Waals surface area contributed by atoms with Crippen LogP contribution in [-0.2, 0) is 4.79 Å². The summed E-state index contributed by atoms with van der Waals surface area (Å²) in [5.74, 6) is 1.44. The molecule has 10 heteroatoms. The smallest absolute Gasteiger partial charge is 0.264 e. The fraction of sp³-hybridized carbons (Fsp3) is 0.320. The molecule has 3 heterocycles. The Morgan fingerprint density at radius 2 is 1.71 bits per heavy atom. The third-order valence-electron chi connectivity index (χ3n) is 6.35. The summed E-state index contributed by atoms with van der Waals surface area (Å²) in [6.07, 6.45) is 1.56. The number of aromatic nitrogens is 2. The molecule has 1 aromatic heterocycles. The van der Waals surface area contributed by atoms with Crippen molar-refractivity contribution in [3.8, 4) is 5.75 Å². The summed E-state index contributed by atoms with van der Waals surface area (Å²) >= 11 is 6.37. The summed E-state index contributed by atoms with van der Waals surface area (Å²) in [6.45, 7) is 6.35. The van der Waals surface area contributed by atoms with E-state index in [4.69, 9.17) is 16.3 Å². The van der Waals surface area contributed by atoms with Gasteiger partial charge in [-0.05, 0) is 55.9 Å². The molecule has 0 radical (unpaired) electrons. The van der Waals surface area contributed by atoms with Gasteiger partial charge in [0.2, 0.25) is 5.95 Å². The van der Waals surface area contributed by atoms with Gasteiger partial charge in [-0.15, -0.1) is 0 Å². The van der Waals surface area contributed by atoms with E-state index in [1.807, 2.05) is 24.3 Å². The van der Waals surface area contributed by atoms with Gasteiger partial charge in [-0.1, -0.05) is 11.6 Å². The number of carbonyl (C=O) groups excluding carboxylic acids is 1. The maximum Gasteiger partial charge on any atom is 0.264 e. The van der Waals surface area contributed by atoms with Crippen LogP contribution in [0.3, 0.4) is 0 Å². The molecule has 0 atom stereocenters. The lowest BCUT2D eigenvalue weighted by Gasteiger charge is -2.35. The molecule has 0 spiro atoms. The molecule has 2 aromatic carbocycles. The summed E-state index contributed by atoms with van der Waals surface area (Å²) in [4.78, 5) is 27.2. The number of ether oxygens (including phenoxy) is 1. The summed E-state index contributed by atoms with van der Waals surface area (Å²) < 4.78 is 5.50. The second-order valence-corrected chi connectivity index (χ2v) is 9.26. The first-order valence-electron chi connectivity index (χ1n) is 11.5. The van der Waals surface area contributed by atoms with E-state index in [1.54, 1.807) is 18.1 Å². The topological polar surface area (TPSA) is 85.9 Å². The molecule has 5 rings (SSSR count). The maximum absolute atomic E-state index is 12.0. The van der Waals surface area contributed by atoms with Crippen LogP contribution in [0.15, 0.2) is 42.6 Å². The zero-order valence-corrected chi connectivity index (χ0v) is 20.8. The molecule has 0 aliphatic carbocycles. The predicted octanol–water partition coefficient (Wildman–Crippen LogP) is 4.03. The fourth-order valence-electron chi connectivity index (χ4n) is 4.27. The molecular weight excluding hydrogens is 466 g/mol. The number of likely N-dealkylation sites (N-methyl/N-ethyl adjacent to an activating group) is 2. The molecule has 2 aliphatic rings. The summed E-state index contributed by atoms with van der Waals surface area (Å²) in [5, 5.41) is 6.89. The van der Waals surface area contributed by atoms with Crippen molar-refractivity contribution < 1.29 is 9.53 Å². The first-order valence-corrected chi connectivity index (χ1v) is 11.9. The average Bonchev–Trinajstić information content (AvgIpc) is 2.85. The molecule has 1 fully saturated rings. The van der Waals surface area contributed by atoms with Crippen LogP contribution in [0.25, 0.3) is 0 Å². The molecule has 0 bridgehead atoms. The Labute approximate surface area is 209 Å². The number of hydrogen-bond donors (Lipinski definition) is 2. The van der Waals surface area contributed by atoms with Crippen LogP contribution in [0.5, 0.6) is 5.75 Å². The van der Waals surface area contributed by atoms with Crippen molar-refractivity contribution in [1.82, 2.24) is 14.9 Å². The van der Waals surface area contributed by atoms with Gasteiger partial charge < -0.3 is 30.1 Å². The Kier molecular flexibility index (Phi) is 6.36. The summed E-state index contributed by atoms with van der Waals surface area (Å²) in [6, 6.07) is 11.8. The number of fused-ring (bicyclic) bond motifs is 1. The SMILES string of the molecule is Cc1cc(Nc2ncc(Cl)c(Nc3ccc4c(c3)N(C)C(=O)CO4)n2)ccc1N1CCN(C)CC1. The summed E-state index contributed by atoms with van der Waals surface area (Å²) in [7, 11) is 3.88. The highest BCUT2D eigenvalue weighted by Gasteiger charge is 2.22. The molecule has 0 saturated carbocycles. The molecular formula is C25H28ClN7O2. The molecule has 35 heavy (non-hydrogen) atoms. The van der Waals surface area contributed by atoms with E-state index < -0.39 is 0 Å². The standard InChI is InChI=1S/C25H28ClN7O2/c1-16-12-17(4-6-20(16)33-10-8-31(2)9-11-33)29-25-27-14-19(26)24(30-25)28-18-5-7-22-21(13-18)32(3)23(34)15-35-22/h4-7,12-14H,8-11,15H2,1-3H3,(H2,27,28,29,30). The van der Waals surface area contributed by atoms with Gasteiger partial charge in [0.05, 0.1) is 11.9 Å². The first-order chi connectivity index (χ1) is 16.9. The van der Waals surface area contributed by atoms with E-state index in [1.165, 1.54) is 11.3 Å². The van der Waals surface area contributed by atoms with Crippen molar-refractivity contribution in [2.45, 2.75) is 6.92 Å². The van der Waals surface area contributed by atoms with E-state index in [0.29, 0.717) is 28.2 Å². The maximum atomic E-state index is 12.0. The molecule has 2 aliphatic heterocycles. The van der Waals surface area contributed by atoms with Crippen molar-refractivity contribution in [3.05, 3.63) is 53.2 Å². The lowest BCUT2D eigenvalue weighted by molar-refractivity contribution is -0.120. The molecule has 3 aromatic rings. The van der Waals surface area contributed by atoms with Crippen LogP contribution < -0.4 is 25.2 Å². The van der Waals surface area contributed by atoms with Crippen LogP contribution in [0, 0.1) is 6.92 Å². The highest BCUT2D eigenvalue weighted by Crippen LogP contribution is 2.35.